The Labute approximate surface area is 96.6 Å². The maximum Gasteiger partial charge on any atom is 0.303 e. The molecule has 15 heavy (non-hydrogen) atoms. The Morgan fingerprint density at radius 2 is 1.93 bits per heavy atom. The number of esters is 1. The third kappa shape index (κ3) is 3.83. The second-order valence-corrected chi connectivity index (χ2v) is 3.94. The summed E-state index contributed by atoms with van der Waals surface area (Å²) in [5.74, 6) is -0.618. The summed E-state index contributed by atoms with van der Waals surface area (Å²) in [6.45, 7) is 1.08. The number of Topliss-reactive ketones (excluding diaryl/α,β-unsaturated/α-hetero) is 1. The molecule has 0 fully saturated rings. The largest absolute Gasteiger partial charge is 0.458 e. The molecule has 1 unspecified atom stereocenters. The standard InChI is InChI=1S/C11H11BrO3/c1-8(13)15-7-10(14)11(12)9-5-3-2-4-6-9/h2-6,11H,7H2,1H3. The molecule has 0 aromatic heterocycles. The van der Waals surface area contributed by atoms with Crippen molar-refractivity contribution >= 4 is 27.7 Å². The minimum atomic E-state index is -0.448. The van der Waals surface area contributed by atoms with E-state index in [0.29, 0.717) is 0 Å². The van der Waals surface area contributed by atoms with Gasteiger partial charge in [0.05, 0.1) is 0 Å². The first-order chi connectivity index (χ1) is 7.11. The minimum absolute atomic E-state index is 0.170. The van der Waals surface area contributed by atoms with Crippen molar-refractivity contribution < 1.29 is 14.3 Å². The summed E-state index contributed by atoms with van der Waals surface area (Å²) in [5.41, 5.74) is 0.856. The molecule has 80 valence electrons. The number of carbonyl (C=O) groups excluding carboxylic acids is 2. The maximum atomic E-state index is 11.5. The van der Waals surface area contributed by atoms with Crippen molar-refractivity contribution in [2.75, 3.05) is 6.61 Å². The zero-order valence-corrected chi connectivity index (χ0v) is 9.86. The first kappa shape index (κ1) is 11.9. The third-order valence-corrected chi connectivity index (χ3v) is 2.83. The van der Waals surface area contributed by atoms with Crippen molar-refractivity contribution in [1.29, 1.82) is 0 Å². The molecule has 1 aromatic carbocycles. The Morgan fingerprint density at radius 3 is 2.47 bits per heavy atom. The van der Waals surface area contributed by atoms with Crippen LogP contribution in [0.5, 0.6) is 0 Å². The Bertz CT molecular complexity index is 348. The van der Waals surface area contributed by atoms with Gasteiger partial charge in [-0.2, -0.15) is 0 Å². The lowest BCUT2D eigenvalue weighted by Gasteiger charge is -2.08. The van der Waals surface area contributed by atoms with Gasteiger partial charge in [-0.15, -0.1) is 0 Å². The topological polar surface area (TPSA) is 43.4 Å². The fraction of sp³-hybridized carbons (Fsp3) is 0.273. The van der Waals surface area contributed by atoms with E-state index < -0.39 is 10.8 Å². The van der Waals surface area contributed by atoms with Gasteiger partial charge in [0, 0.05) is 6.92 Å². The molecular formula is C11H11BrO3. The average Bonchev–Trinajstić information content (AvgIpc) is 2.26. The fourth-order valence-corrected chi connectivity index (χ4v) is 1.49. The van der Waals surface area contributed by atoms with Gasteiger partial charge >= 0.3 is 5.97 Å². The Hall–Kier alpha value is -1.16. The molecular weight excluding hydrogens is 260 g/mol. The molecule has 0 aliphatic heterocycles. The van der Waals surface area contributed by atoms with Crippen LogP contribution in [0, 0.1) is 0 Å². The first-order valence-electron chi connectivity index (χ1n) is 4.46. The number of benzene rings is 1. The monoisotopic (exact) mass is 270 g/mol. The van der Waals surface area contributed by atoms with E-state index in [0.717, 1.165) is 5.56 Å². The van der Waals surface area contributed by atoms with E-state index in [1.165, 1.54) is 6.92 Å². The van der Waals surface area contributed by atoms with E-state index in [2.05, 4.69) is 20.7 Å². The summed E-state index contributed by atoms with van der Waals surface area (Å²) in [5, 5.41) is 0. The van der Waals surface area contributed by atoms with E-state index in [9.17, 15) is 9.59 Å². The number of carbonyl (C=O) groups is 2. The Morgan fingerprint density at radius 1 is 1.33 bits per heavy atom. The van der Waals surface area contributed by atoms with Gasteiger partial charge in [-0.05, 0) is 5.56 Å². The van der Waals surface area contributed by atoms with Crippen molar-refractivity contribution in [1.82, 2.24) is 0 Å². The number of hydrogen-bond acceptors (Lipinski definition) is 3. The van der Waals surface area contributed by atoms with Crippen molar-refractivity contribution in [3.63, 3.8) is 0 Å². The van der Waals surface area contributed by atoms with E-state index in [-0.39, 0.29) is 12.4 Å². The van der Waals surface area contributed by atoms with E-state index in [4.69, 9.17) is 0 Å². The third-order valence-electron chi connectivity index (χ3n) is 1.79. The first-order valence-corrected chi connectivity index (χ1v) is 5.38. The number of rotatable bonds is 4. The van der Waals surface area contributed by atoms with Crippen LogP contribution in [-0.2, 0) is 14.3 Å². The van der Waals surface area contributed by atoms with Gasteiger partial charge in [0.1, 0.15) is 4.83 Å². The van der Waals surface area contributed by atoms with Crippen LogP contribution in [0.2, 0.25) is 0 Å². The molecule has 0 saturated heterocycles. The van der Waals surface area contributed by atoms with Gasteiger partial charge < -0.3 is 4.74 Å². The molecule has 0 saturated carbocycles. The van der Waals surface area contributed by atoms with Crippen LogP contribution in [0.3, 0.4) is 0 Å². The van der Waals surface area contributed by atoms with Crippen LogP contribution in [-0.4, -0.2) is 18.4 Å². The van der Waals surface area contributed by atoms with Crippen LogP contribution in [0.1, 0.15) is 17.3 Å². The number of alkyl halides is 1. The molecule has 0 aliphatic carbocycles. The number of ketones is 1. The lowest BCUT2D eigenvalue weighted by Crippen LogP contribution is -2.15. The Balaban J connectivity index is 2.57. The van der Waals surface area contributed by atoms with Gasteiger partial charge in [-0.1, -0.05) is 46.3 Å². The highest BCUT2D eigenvalue weighted by Crippen LogP contribution is 2.23. The van der Waals surface area contributed by atoms with Crippen LogP contribution in [0.15, 0.2) is 30.3 Å². The van der Waals surface area contributed by atoms with Gasteiger partial charge in [-0.3, -0.25) is 9.59 Å². The molecule has 1 aromatic rings. The normalized spacial score (nSPS) is 11.9. The second kappa shape index (κ2) is 5.66. The molecule has 3 nitrogen and oxygen atoms in total. The van der Waals surface area contributed by atoms with Gasteiger partial charge in [0.25, 0.3) is 0 Å². The summed E-state index contributed by atoms with van der Waals surface area (Å²) >= 11 is 3.26. The number of halogens is 1. The smallest absolute Gasteiger partial charge is 0.303 e. The summed E-state index contributed by atoms with van der Waals surface area (Å²) < 4.78 is 4.63. The molecule has 0 radical (unpaired) electrons. The van der Waals surface area contributed by atoms with Crippen LogP contribution < -0.4 is 0 Å². The lowest BCUT2D eigenvalue weighted by atomic mass is 10.1. The summed E-state index contributed by atoms with van der Waals surface area (Å²) in [4.78, 5) is 21.6. The fourth-order valence-electron chi connectivity index (χ4n) is 1.05. The number of ether oxygens (including phenoxy) is 1. The summed E-state index contributed by atoms with van der Waals surface area (Å²) in [6, 6.07) is 9.25. The van der Waals surface area contributed by atoms with Gasteiger partial charge in [0.2, 0.25) is 0 Å². The van der Waals surface area contributed by atoms with Gasteiger partial charge in [-0.25, -0.2) is 0 Å². The van der Waals surface area contributed by atoms with Crippen molar-refractivity contribution in [2.45, 2.75) is 11.8 Å². The maximum absolute atomic E-state index is 11.5. The lowest BCUT2D eigenvalue weighted by molar-refractivity contribution is -0.145. The predicted molar refractivity (Wildman–Crippen MR) is 59.8 cm³/mol. The highest BCUT2D eigenvalue weighted by Gasteiger charge is 2.17. The Kier molecular flexibility index (Phi) is 4.49. The summed E-state index contributed by atoms with van der Waals surface area (Å²) in [6.07, 6.45) is 0. The minimum Gasteiger partial charge on any atom is -0.458 e. The molecule has 0 aliphatic rings. The molecule has 1 rings (SSSR count). The zero-order valence-electron chi connectivity index (χ0n) is 8.27. The highest BCUT2D eigenvalue weighted by atomic mass is 79.9. The molecule has 0 amide bonds. The van der Waals surface area contributed by atoms with E-state index in [1.807, 2.05) is 30.3 Å². The molecule has 0 heterocycles. The molecule has 0 N–H and O–H groups in total. The molecule has 4 heteroatoms. The van der Waals surface area contributed by atoms with Crippen LogP contribution in [0.4, 0.5) is 0 Å². The van der Waals surface area contributed by atoms with Gasteiger partial charge in [0.15, 0.2) is 12.4 Å². The highest BCUT2D eigenvalue weighted by molar-refractivity contribution is 9.09. The molecule has 0 spiro atoms. The van der Waals surface area contributed by atoms with Crippen molar-refractivity contribution in [3.8, 4) is 0 Å². The van der Waals surface area contributed by atoms with Crippen molar-refractivity contribution in [2.24, 2.45) is 0 Å². The van der Waals surface area contributed by atoms with E-state index >= 15 is 0 Å². The quantitative estimate of drug-likeness (QED) is 0.623. The SMILES string of the molecule is CC(=O)OCC(=O)C(Br)c1ccccc1. The predicted octanol–water partition coefficient (Wildman–Crippen LogP) is 2.25. The van der Waals surface area contributed by atoms with E-state index in [1.54, 1.807) is 0 Å². The van der Waals surface area contributed by atoms with Crippen LogP contribution in [0.25, 0.3) is 0 Å². The molecule has 0 bridgehead atoms. The summed E-state index contributed by atoms with van der Waals surface area (Å²) in [7, 11) is 0. The van der Waals surface area contributed by atoms with Crippen LogP contribution >= 0.6 is 15.9 Å². The molecule has 1 atom stereocenters. The van der Waals surface area contributed by atoms with Crippen molar-refractivity contribution in [3.05, 3.63) is 35.9 Å². The number of hydrogen-bond donors (Lipinski definition) is 0. The average molecular weight is 271 g/mol. The second-order valence-electron chi connectivity index (χ2n) is 3.02. The zero-order chi connectivity index (χ0) is 11.3.